The van der Waals surface area contributed by atoms with Gasteiger partial charge in [-0.25, -0.2) is 4.98 Å². The van der Waals surface area contributed by atoms with Crippen LogP contribution in [0, 0.1) is 11.3 Å². The molecule has 0 aliphatic carbocycles. The van der Waals surface area contributed by atoms with E-state index in [4.69, 9.17) is 28.2 Å². The predicted molar refractivity (Wildman–Crippen MR) is 131 cm³/mol. The number of Topliss-reactive ketones (excluding diaryl/α,β-unsaturated/α-hetero) is 1. The molecule has 6 heteroatoms. The van der Waals surface area contributed by atoms with Crippen molar-refractivity contribution in [2.45, 2.75) is 5.03 Å². The molecule has 0 spiro atoms. The Hall–Kier alpha value is -3.10. The summed E-state index contributed by atoms with van der Waals surface area (Å²) in [6, 6.07) is 28.0. The number of carbonyl (C=O) groups excluding carboxylic acids is 1. The summed E-state index contributed by atoms with van der Waals surface area (Å²) in [6.07, 6.45) is 0. The van der Waals surface area contributed by atoms with E-state index in [9.17, 15) is 10.1 Å². The minimum atomic E-state index is -0.0597. The van der Waals surface area contributed by atoms with Gasteiger partial charge in [-0.05, 0) is 48.0 Å². The van der Waals surface area contributed by atoms with Crippen molar-refractivity contribution in [2.75, 3.05) is 5.75 Å². The lowest BCUT2D eigenvalue weighted by molar-refractivity contribution is 0.102. The van der Waals surface area contributed by atoms with Gasteiger partial charge in [-0.3, -0.25) is 4.79 Å². The SMILES string of the molecule is N#Cc1c(-c2ccc(Cl)cc2)cc(-c2ccccc2)nc1SCC(=O)c1ccc(Cl)cc1. The van der Waals surface area contributed by atoms with E-state index in [2.05, 4.69) is 6.07 Å². The van der Waals surface area contributed by atoms with Gasteiger partial charge in [0.1, 0.15) is 11.1 Å². The standard InChI is InChI=1S/C26H16Cl2N2OS/c27-20-10-6-17(7-11-20)22-14-24(18-4-2-1-3-5-18)30-26(23(22)15-29)32-16-25(31)19-8-12-21(28)13-9-19/h1-14H,16H2. The molecule has 0 radical (unpaired) electrons. The third kappa shape index (κ3) is 5.03. The number of ketones is 1. The fourth-order valence-electron chi connectivity index (χ4n) is 3.20. The molecule has 3 aromatic carbocycles. The number of nitriles is 1. The Morgan fingerprint density at radius 2 is 1.50 bits per heavy atom. The molecule has 0 N–H and O–H groups in total. The number of hydrogen-bond donors (Lipinski definition) is 0. The zero-order valence-corrected chi connectivity index (χ0v) is 19.1. The lowest BCUT2D eigenvalue weighted by Gasteiger charge is -2.12. The number of thioether (sulfide) groups is 1. The molecule has 4 rings (SSSR count). The number of halogens is 2. The van der Waals surface area contributed by atoms with E-state index in [0.717, 1.165) is 22.4 Å². The number of rotatable bonds is 6. The molecule has 32 heavy (non-hydrogen) atoms. The van der Waals surface area contributed by atoms with Crippen LogP contribution in [-0.2, 0) is 0 Å². The molecule has 3 nitrogen and oxygen atoms in total. The Balaban J connectivity index is 1.75. The molecule has 0 aliphatic rings. The monoisotopic (exact) mass is 474 g/mol. The van der Waals surface area contributed by atoms with E-state index < -0.39 is 0 Å². The summed E-state index contributed by atoms with van der Waals surface area (Å²) in [5, 5.41) is 11.7. The first-order chi connectivity index (χ1) is 15.5. The van der Waals surface area contributed by atoms with Crippen LogP contribution in [-0.4, -0.2) is 16.5 Å². The highest BCUT2D eigenvalue weighted by Gasteiger charge is 2.17. The summed E-state index contributed by atoms with van der Waals surface area (Å²) in [4.78, 5) is 17.4. The van der Waals surface area contributed by atoms with Gasteiger partial charge in [-0.2, -0.15) is 5.26 Å². The largest absolute Gasteiger partial charge is 0.293 e. The highest BCUT2D eigenvalue weighted by Crippen LogP contribution is 2.35. The zero-order valence-electron chi connectivity index (χ0n) is 16.8. The Bertz CT molecular complexity index is 1300. The fourth-order valence-corrected chi connectivity index (χ4v) is 4.35. The highest BCUT2D eigenvalue weighted by molar-refractivity contribution is 8.00. The third-order valence-electron chi connectivity index (χ3n) is 4.83. The van der Waals surface area contributed by atoms with Crippen molar-refractivity contribution in [2.24, 2.45) is 0 Å². The molecule has 156 valence electrons. The van der Waals surface area contributed by atoms with E-state index >= 15 is 0 Å². The molecule has 0 atom stereocenters. The van der Waals surface area contributed by atoms with Crippen LogP contribution in [0.1, 0.15) is 15.9 Å². The fraction of sp³-hybridized carbons (Fsp3) is 0.0385. The van der Waals surface area contributed by atoms with Crippen LogP contribution in [0.25, 0.3) is 22.4 Å². The van der Waals surface area contributed by atoms with Gasteiger partial charge >= 0.3 is 0 Å². The number of carbonyl (C=O) groups is 1. The summed E-state index contributed by atoms with van der Waals surface area (Å²) < 4.78 is 0. The average Bonchev–Trinajstić information content (AvgIpc) is 2.83. The molecule has 0 fully saturated rings. The molecule has 1 aromatic heterocycles. The molecule has 0 saturated heterocycles. The smallest absolute Gasteiger partial charge is 0.173 e. The van der Waals surface area contributed by atoms with Gasteiger partial charge in [0.2, 0.25) is 0 Å². The molecule has 0 bridgehead atoms. The Kier molecular flexibility index (Phi) is 6.92. The van der Waals surface area contributed by atoms with Gasteiger partial charge in [0, 0.05) is 26.7 Å². The van der Waals surface area contributed by atoms with E-state index in [-0.39, 0.29) is 11.5 Å². The summed E-state index contributed by atoms with van der Waals surface area (Å²) in [5.41, 5.74) is 4.27. The number of benzene rings is 3. The van der Waals surface area contributed by atoms with Crippen molar-refractivity contribution < 1.29 is 4.79 Å². The first-order valence-corrected chi connectivity index (χ1v) is 11.5. The molecule has 0 aliphatic heterocycles. The normalized spacial score (nSPS) is 10.5. The van der Waals surface area contributed by atoms with Crippen molar-refractivity contribution in [3.8, 4) is 28.5 Å². The average molecular weight is 475 g/mol. The lowest BCUT2D eigenvalue weighted by Crippen LogP contribution is -2.04. The quantitative estimate of drug-likeness (QED) is 0.213. The topological polar surface area (TPSA) is 53.8 Å². The Morgan fingerprint density at radius 3 is 2.12 bits per heavy atom. The summed E-state index contributed by atoms with van der Waals surface area (Å²) >= 11 is 13.2. The van der Waals surface area contributed by atoms with Crippen molar-refractivity contribution in [1.29, 1.82) is 5.26 Å². The molecule has 0 unspecified atom stereocenters. The van der Waals surface area contributed by atoms with Gasteiger partial charge in [0.15, 0.2) is 5.78 Å². The molecule has 0 saturated carbocycles. The Morgan fingerprint density at radius 1 is 0.875 bits per heavy atom. The molecular formula is C26H16Cl2N2OS. The van der Waals surface area contributed by atoms with E-state index in [1.54, 1.807) is 36.4 Å². The van der Waals surface area contributed by atoms with Crippen LogP contribution in [0.4, 0.5) is 0 Å². The maximum absolute atomic E-state index is 12.7. The van der Waals surface area contributed by atoms with Crippen molar-refractivity contribution >= 4 is 40.7 Å². The van der Waals surface area contributed by atoms with E-state index in [1.165, 1.54) is 11.8 Å². The van der Waals surface area contributed by atoms with Crippen LogP contribution in [0.2, 0.25) is 10.0 Å². The number of nitrogens with zero attached hydrogens (tertiary/aromatic N) is 2. The van der Waals surface area contributed by atoms with Crippen molar-refractivity contribution in [1.82, 2.24) is 4.98 Å². The van der Waals surface area contributed by atoms with Gasteiger partial charge < -0.3 is 0 Å². The maximum atomic E-state index is 12.7. The first-order valence-electron chi connectivity index (χ1n) is 9.73. The summed E-state index contributed by atoms with van der Waals surface area (Å²) in [7, 11) is 0. The van der Waals surface area contributed by atoms with Crippen LogP contribution >= 0.6 is 35.0 Å². The van der Waals surface area contributed by atoms with Gasteiger partial charge in [-0.1, -0.05) is 77.4 Å². The second-order valence-corrected chi connectivity index (χ2v) is 8.78. The number of pyridine rings is 1. The van der Waals surface area contributed by atoms with Gasteiger partial charge in [-0.15, -0.1) is 0 Å². The highest BCUT2D eigenvalue weighted by atomic mass is 35.5. The lowest BCUT2D eigenvalue weighted by atomic mass is 9.99. The van der Waals surface area contributed by atoms with E-state index in [1.807, 2.05) is 48.5 Å². The zero-order chi connectivity index (χ0) is 22.5. The predicted octanol–water partition coefficient (Wildman–Crippen LogP) is 7.57. The Labute approximate surface area is 200 Å². The van der Waals surface area contributed by atoms with Gasteiger partial charge in [0.25, 0.3) is 0 Å². The summed E-state index contributed by atoms with van der Waals surface area (Å²) in [5.74, 6) is 0.0947. The molecular weight excluding hydrogens is 459 g/mol. The number of aromatic nitrogens is 1. The van der Waals surface area contributed by atoms with Crippen LogP contribution in [0.5, 0.6) is 0 Å². The van der Waals surface area contributed by atoms with Gasteiger partial charge in [0.05, 0.1) is 17.0 Å². The van der Waals surface area contributed by atoms with Crippen molar-refractivity contribution in [3.63, 3.8) is 0 Å². The first kappa shape index (κ1) is 22.1. The molecule has 1 heterocycles. The second kappa shape index (κ2) is 10.0. The summed E-state index contributed by atoms with van der Waals surface area (Å²) in [6.45, 7) is 0. The van der Waals surface area contributed by atoms with Crippen molar-refractivity contribution in [3.05, 3.63) is 106 Å². The van der Waals surface area contributed by atoms with Crippen LogP contribution in [0.15, 0.2) is 90.0 Å². The van der Waals surface area contributed by atoms with Crippen LogP contribution in [0.3, 0.4) is 0 Å². The minimum Gasteiger partial charge on any atom is -0.293 e. The van der Waals surface area contributed by atoms with Crippen LogP contribution < -0.4 is 0 Å². The number of hydrogen-bond acceptors (Lipinski definition) is 4. The van der Waals surface area contributed by atoms with E-state index in [0.29, 0.717) is 26.2 Å². The minimum absolute atomic E-state index is 0.0597. The molecule has 0 amide bonds. The second-order valence-electron chi connectivity index (χ2n) is 6.94. The maximum Gasteiger partial charge on any atom is 0.173 e. The third-order valence-corrected chi connectivity index (χ3v) is 6.31. The molecule has 4 aromatic rings.